The molecule has 2 heterocycles. The fourth-order valence-corrected chi connectivity index (χ4v) is 1.52. The molecule has 0 spiro atoms. The number of thiazole rings is 1. The lowest BCUT2D eigenvalue weighted by molar-refractivity contribution is 0.451. The molecule has 10 heavy (non-hydrogen) atoms. The van der Waals surface area contributed by atoms with Crippen molar-refractivity contribution in [2.45, 2.75) is 0 Å². The molecule has 0 aromatic carbocycles. The highest BCUT2D eigenvalue weighted by Crippen LogP contribution is 2.26. The van der Waals surface area contributed by atoms with Crippen molar-refractivity contribution < 1.29 is 5.11 Å². The summed E-state index contributed by atoms with van der Waals surface area (Å²) in [6, 6.07) is 0. The third kappa shape index (κ3) is 0.522. The van der Waals surface area contributed by atoms with Gasteiger partial charge in [0, 0.05) is 11.6 Å². The van der Waals surface area contributed by atoms with Crippen molar-refractivity contribution in [3.05, 3.63) is 11.6 Å². The second-order valence-corrected chi connectivity index (χ2v) is 2.78. The van der Waals surface area contributed by atoms with Crippen molar-refractivity contribution >= 4 is 21.9 Å². The first-order valence-corrected chi connectivity index (χ1v) is 3.57. The minimum absolute atomic E-state index is 0.0909. The normalized spacial score (nSPS) is 10.8. The van der Waals surface area contributed by atoms with E-state index in [4.69, 9.17) is 10.8 Å². The monoisotopic (exact) mass is 155 g/mol. The van der Waals surface area contributed by atoms with Gasteiger partial charge in [0.2, 0.25) is 0 Å². The Balaban J connectivity index is 2.95. The van der Waals surface area contributed by atoms with E-state index in [1.807, 2.05) is 5.38 Å². The molecule has 0 amide bonds. The van der Waals surface area contributed by atoms with Crippen LogP contribution in [-0.4, -0.2) is 14.7 Å². The van der Waals surface area contributed by atoms with Crippen LogP contribution in [0, 0.1) is 0 Å². The Bertz CT molecular complexity index is 364. The van der Waals surface area contributed by atoms with E-state index in [-0.39, 0.29) is 5.88 Å². The van der Waals surface area contributed by atoms with Gasteiger partial charge in [-0.15, -0.1) is 16.4 Å². The third-order valence-corrected chi connectivity index (χ3v) is 2.15. The summed E-state index contributed by atoms with van der Waals surface area (Å²) < 4.78 is 1.55. The van der Waals surface area contributed by atoms with E-state index < -0.39 is 0 Å². The highest BCUT2D eigenvalue weighted by molar-refractivity contribution is 7.16. The molecule has 3 N–H and O–H groups in total. The molecule has 0 atom stereocenters. The van der Waals surface area contributed by atoms with Crippen LogP contribution in [0.1, 0.15) is 0 Å². The first-order valence-electron chi connectivity index (χ1n) is 2.69. The van der Waals surface area contributed by atoms with E-state index in [1.165, 1.54) is 11.3 Å². The number of aromatic hydroxyl groups is 1. The summed E-state index contributed by atoms with van der Waals surface area (Å²) in [5.41, 5.74) is 5.82. The number of nitrogens with zero attached hydrogens (tertiary/aromatic N) is 2. The van der Waals surface area contributed by atoms with Gasteiger partial charge in [0.1, 0.15) is 10.5 Å². The highest BCUT2D eigenvalue weighted by atomic mass is 32.1. The van der Waals surface area contributed by atoms with Gasteiger partial charge >= 0.3 is 0 Å². The van der Waals surface area contributed by atoms with Crippen LogP contribution >= 0.6 is 11.3 Å². The van der Waals surface area contributed by atoms with Gasteiger partial charge in [-0.1, -0.05) is 0 Å². The lowest BCUT2D eigenvalue weighted by atomic mass is 10.6. The smallest absolute Gasteiger partial charge is 0.255 e. The molecule has 0 saturated carbocycles. The third-order valence-electron chi connectivity index (χ3n) is 1.26. The summed E-state index contributed by atoms with van der Waals surface area (Å²) in [5, 5.41) is 14.6. The van der Waals surface area contributed by atoms with Crippen molar-refractivity contribution in [1.82, 2.24) is 9.61 Å². The zero-order chi connectivity index (χ0) is 7.14. The molecule has 0 aliphatic rings. The van der Waals surface area contributed by atoms with Crippen LogP contribution in [0.3, 0.4) is 0 Å². The summed E-state index contributed by atoms with van der Waals surface area (Å²) in [5.74, 6) is -0.0909. The fraction of sp³-hybridized carbons (Fsp3) is 0. The van der Waals surface area contributed by atoms with E-state index >= 15 is 0 Å². The van der Waals surface area contributed by atoms with Crippen LogP contribution in [0.4, 0.5) is 5.69 Å². The Morgan fingerprint density at radius 3 is 3.20 bits per heavy atom. The molecule has 0 aliphatic heterocycles. The summed E-state index contributed by atoms with van der Waals surface area (Å²) in [6.45, 7) is 0. The SMILES string of the molecule is Nc1c(O)nn2ccsc12. The molecule has 0 bridgehead atoms. The predicted octanol–water partition coefficient (Wildman–Crippen LogP) is 0.684. The average Bonchev–Trinajstić information content (AvgIpc) is 2.41. The van der Waals surface area contributed by atoms with E-state index in [0.717, 1.165) is 4.83 Å². The van der Waals surface area contributed by atoms with Crippen molar-refractivity contribution in [1.29, 1.82) is 0 Å². The lowest BCUT2D eigenvalue weighted by Gasteiger charge is -1.80. The second-order valence-electron chi connectivity index (χ2n) is 1.89. The molecule has 0 radical (unpaired) electrons. The number of aromatic nitrogens is 2. The van der Waals surface area contributed by atoms with E-state index in [9.17, 15) is 0 Å². The Morgan fingerprint density at radius 1 is 1.70 bits per heavy atom. The number of fused-ring (bicyclic) bond motifs is 1. The maximum atomic E-state index is 8.98. The van der Waals surface area contributed by atoms with Crippen LogP contribution in [0.5, 0.6) is 5.88 Å². The Labute approximate surface area is 60.5 Å². The summed E-state index contributed by atoms with van der Waals surface area (Å²) in [6.07, 6.45) is 1.75. The average molecular weight is 155 g/mol. The van der Waals surface area contributed by atoms with Gasteiger partial charge < -0.3 is 10.8 Å². The first kappa shape index (κ1) is 5.55. The number of rotatable bonds is 0. The van der Waals surface area contributed by atoms with Crippen molar-refractivity contribution in [3.8, 4) is 5.88 Å². The molecule has 0 saturated heterocycles. The predicted molar refractivity (Wildman–Crippen MR) is 39.1 cm³/mol. The van der Waals surface area contributed by atoms with Crippen molar-refractivity contribution in [2.24, 2.45) is 0 Å². The van der Waals surface area contributed by atoms with E-state index in [2.05, 4.69) is 5.10 Å². The molecule has 2 rings (SSSR count). The molecule has 0 fully saturated rings. The van der Waals surface area contributed by atoms with Gasteiger partial charge in [-0.3, -0.25) is 0 Å². The van der Waals surface area contributed by atoms with Gasteiger partial charge in [-0.25, -0.2) is 4.52 Å². The summed E-state index contributed by atoms with van der Waals surface area (Å²) >= 11 is 1.45. The summed E-state index contributed by atoms with van der Waals surface area (Å²) in [4.78, 5) is 0.789. The zero-order valence-corrected chi connectivity index (χ0v) is 5.80. The Hall–Kier alpha value is -1.23. The Morgan fingerprint density at radius 2 is 2.50 bits per heavy atom. The molecule has 4 nitrogen and oxygen atoms in total. The molecule has 0 unspecified atom stereocenters. The van der Waals surface area contributed by atoms with Crippen LogP contribution < -0.4 is 5.73 Å². The van der Waals surface area contributed by atoms with Gasteiger partial charge in [-0.2, -0.15) is 0 Å². The molecule has 2 aromatic rings. The number of hydrogen-bond acceptors (Lipinski definition) is 4. The van der Waals surface area contributed by atoms with Gasteiger partial charge in [0.05, 0.1) is 0 Å². The van der Waals surface area contributed by atoms with Crippen LogP contribution in [0.2, 0.25) is 0 Å². The van der Waals surface area contributed by atoms with Crippen molar-refractivity contribution in [2.75, 3.05) is 5.73 Å². The quantitative estimate of drug-likeness (QED) is 0.588. The fourth-order valence-electron chi connectivity index (χ4n) is 0.791. The zero-order valence-electron chi connectivity index (χ0n) is 4.98. The molecule has 5 heteroatoms. The minimum atomic E-state index is -0.0909. The topological polar surface area (TPSA) is 63.5 Å². The molecule has 0 aliphatic carbocycles. The minimum Gasteiger partial charge on any atom is -0.491 e. The maximum Gasteiger partial charge on any atom is 0.255 e. The molecular formula is C5H5N3OS. The first-order chi connectivity index (χ1) is 4.79. The van der Waals surface area contributed by atoms with Crippen molar-refractivity contribution in [3.63, 3.8) is 0 Å². The van der Waals surface area contributed by atoms with Crippen LogP contribution in [0.15, 0.2) is 11.6 Å². The standard InChI is InChI=1S/C5H5N3OS/c6-3-4(9)7-8-1-2-10-5(3)8/h1-2H,6H2,(H,7,9). The number of nitrogens with two attached hydrogens (primary N) is 1. The second kappa shape index (κ2) is 1.63. The van der Waals surface area contributed by atoms with Crippen LogP contribution in [-0.2, 0) is 0 Å². The van der Waals surface area contributed by atoms with Gasteiger partial charge in [0.15, 0.2) is 0 Å². The molecular weight excluding hydrogens is 150 g/mol. The van der Waals surface area contributed by atoms with Gasteiger partial charge in [0.25, 0.3) is 5.88 Å². The maximum absolute atomic E-state index is 8.98. The van der Waals surface area contributed by atoms with Gasteiger partial charge in [-0.05, 0) is 0 Å². The molecule has 2 aromatic heterocycles. The van der Waals surface area contributed by atoms with Crippen LogP contribution in [0.25, 0.3) is 4.83 Å². The van der Waals surface area contributed by atoms with E-state index in [0.29, 0.717) is 5.69 Å². The Kier molecular flexibility index (Phi) is 0.906. The van der Waals surface area contributed by atoms with E-state index in [1.54, 1.807) is 10.7 Å². The molecule has 52 valence electrons. The highest BCUT2D eigenvalue weighted by Gasteiger charge is 2.07. The number of hydrogen-bond donors (Lipinski definition) is 2. The number of anilines is 1. The summed E-state index contributed by atoms with van der Waals surface area (Å²) in [7, 11) is 0. The lowest BCUT2D eigenvalue weighted by Crippen LogP contribution is -1.79. The largest absolute Gasteiger partial charge is 0.491 e. The number of nitrogen functional groups attached to an aromatic ring is 1.